The number of aldehydes is 1. The number of ether oxygens (including phenoxy) is 1. The van der Waals surface area contributed by atoms with Gasteiger partial charge in [-0.2, -0.15) is 0 Å². The van der Waals surface area contributed by atoms with E-state index in [0.717, 1.165) is 70.9 Å². The Balaban J connectivity index is -0.000000512. The first-order chi connectivity index (χ1) is 31.7. The number of carbonyl (C=O) groups is 8. The van der Waals surface area contributed by atoms with Crippen LogP contribution in [0.2, 0.25) is 0 Å². The van der Waals surface area contributed by atoms with Crippen LogP contribution >= 0.6 is 0 Å². The van der Waals surface area contributed by atoms with Crippen molar-refractivity contribution >= 4 is 60.5 Å². The number of carboxylic acids is 3. The van der Waals surface area contributed by atoms with E-state index in [2.05, 4.69) is 63.0 Å². The van der Waals surface area contributed by atoms with Crippen LogP contribution in [-0.4, -0.2) is 128 Å². The molecule has 2 atom stereocenters. The smallest absolute Gasteiger partial charge is 0.785 e. The molecule has 0 aromatic heterocycles. The van der Waals surface area contributed by atoms with Crippen molar-refractivity contribution in [2.45, 2.75) is 129 Å². The summed E-state index contributed by atoms with van der Waals surface area (Å²) in [5, 5.41) is 42.5. The van der Waals surface area contributed by atoms with Crippen molar-refractivity contribution in [3.8, 4) is 5.75 Å². The minimum absolute atomic E-state index is 0. The van der Waals surface area contributed by atoms with Crippen molar-refractivity contribution in [3.05, 3.63) is 42.6 Å². The molecule has 19 nitrogen and oxygen atoms in total. The molecule has 0 bridgehead atoms. The maximum atomic E-state index is 12.8. The number of nitrogens with one attached hydrogen (secondary N) is 6. The number of unbranched alkanes of at least 4 members (excludes halogenated alkanes) is 7. The molecule has 1 aliphatic rings. The quantitative estimate of drug-likeness (QED) is 0.0174. The first kappa shape index (κ1) is 69.9. The molecule has 0 aliphatic heterocycles. The van der Waals surface area contributed by atoms with E-state index in [1.54, 1.807) is 26.1 Å². The Kier molecular flexibility index (Phi) is 50.8. The van der Waals surface area contributed by atoms with Crippen LogP contribution in [0.15, 0.2) is 30.8 Å². The van der Waals surface area contributed by atoms with Gasteiger partial charge in [0.2, 0.25) is 23.6 Å². The third-order valence-electron chi connectivity index (χ3n) is 9.50. The van der Waals surface area contributed by atoms with Crippen LogP contribution in [0.25, 0.3) is 0 Å². The summed E-state index contributed by atoms with van der Waals surface area (Å²) >= 11 is 4.19. The average Bonchev–Trinajstić information content (AvgIpc) is 3.31. The van der Waals surface area contributed by atoms with Crippen LogP contribution in [0.1, 0.15) is 116 Å². The van der Waals surface area contributed by atoms with Crippen molar-refractivity contribution in [3.63, 3.8) is 0 Å². The van der Waals surface area contributed by atoms with Crippen molar-refractivity contribution in [2.24, 2.45) is 17.6 Å². The fourth-order valence-electron chi connectivity index (χ4n) is 6.33. The normalized spacial score (nSPS) is 14.0. The molecule has 0 saturated heterocycles. The van der Waals surface area contributed by atoms with Gasteiger partial charge in [0.05, 0.1) is 19.3 Å². The van der Waals surface area contributed by atoms with Crippen LogP contribution in [0.5, 0.6) is 5.75 Å². The van der Waals surface area contributed by atoms with Crippen LogP contribution in [-0.2, 0) is 57.4 Å². The first-order valence-corrected chi connectivity index (χ1v) is 23.3. The van der Waals surface area contributed by atoms with Gasteiger partial charge in [-0.3, -0.25) is 35.3 Å². The number of rotatable bonds is 30. The number of likely N-dealkylation sites (N-methyl/N-ethyl adjacent to an activating group) is 2. The largest absolute Gasteiger partial charge is 2.00 e. The van der Waals surface area contributed by atoms with Crippen LogP contribution in [0.4, 0.5) is 0 Å². The Morgan fingerprint density at radius 1 is 0.821 bits per heavy atom. The SMILES string of the molecule is C=[C-]NCC1CCC(C(=O)NCCCCCCCCCCC(=O)O)CC1.CC.CCNC(=O)[C@H](CC(=O)O)NC(=O)[C@H](Cc1ccc(OCC(=O)O)cc1)NC(=O)CNC.CN.O=CC[S-].[Yb+2]. The van der Waals surface area contributed by atoms with E-state index in [4.69, 9.17) is 24.9 Å². The van der Waals surface area contributed by atoms with Gasteiger partial charge >= 0.3 is 64.8 Å². The molecule has 67 heavy (non-hydrogen) atoms. The standard InChI is InChI=1S/C21H37N2O3.C20H28N4O8.C2H4OS.C2H6.CH5N.Yb/c1-2-22-17-18-12-14-19(15-13-18)21(26)23-16-10-8-6-4-3-5-7-9-11-20(24)25;1-3-22-19(30)15(9-17(26)27)24-20(31)14(23-16(25)10-21-2)8-12-4-6-13(7-5-12)32-11-18(28)29;3-1-2-4;2*1-2;/h18-19,22H,1,3-17H2,(H,23,26)(H,24,25);4-7,14-15,21H,3,8-11H2,1-2H3,(H,22,30)(H,23,25)(H,24,31)(H,26,27)(H,28,29);1,4H,2H2;1-2H3;2H2,1H3;/q-1;;;;;+2/p-1/t;14-,15-;;;;/m.0..../s1. The van der Waals surface area contributed by atoms with Gasteiger partial charge in [0.1, 0.15) is 17.8 Å². The number of carboxylic acid groups (broad SMARTS) is 3. The molecule has 4 amide bonds. The summed E-state index contributed by atoms with van der Waals surface area (Å²) in [6, 6.07) is 3.83. The zero-order chi connectivity index (χ0) is 50.5. The van der Waals surface area contributed by atoms with Gasteiger partial charge in [-0.25, -0.2) is 4.79 Å². The fourth-order valence-corrected chi connectivity index (χ4v) is 6.33. The number of amides is 4. The molecule has 0 unspecified atom stereocenters. The first-order valence-electron chi connectivity index (χ1n) is 22.7. The summed E-state index contributed by atoms with van der Waals surface area (Å²) < 4.78 is 5.05. The van der Waals surface area contributed by atoms with E-state index < -0.39 is 60.7 Å². The molecule has 0 spiro atoms. The minimum atomic E-state index is -1.31. The average molecular weight is 1130 g/mol. The molecule has 0 heterocycles. The summed E-state index contributed by atoms with van der Waals surface area (Å²) in [5.41, 5.74) is 5.12. The van der Waals surface area contributed by atoms with Crippen LogP contribution < -0.4 is 42.4 Å². The minimum Gasteiger partial charge on any atom is -0.785 e. The second-order valence-electron chi connectivity index (χ2n) is 14.6. The summed E-state index contributed by atoms with van der Waals surface area (Å²) in [7, 11) is 3.06. The fraction of sp³-hybridized carbons (Fsp3) is 0.652. The molecule has 11 N–H and O–H groups in total. The van der Waals surface area contributed by atoms with E-state index in [-0.39, 0.29) is 84.0 Å². The maximum absolute atomic E-state index is 12.8. The third-order valence-corrected chi connectivity index (χ3v) is 9.63. The Bertz CT molecular complexity index is 1500. The summed E-state index contributed by atoms with van der Waals surface area (Å²) in [5.74, 6) is -3.30. The van der Waals surface area contributed by atoms with E-state index in [9.17, 15) is 33.6 Å². The number of hydrogen-bond donors (Lipinski definition) is 10. The van der Waals surface area contributed by atoms with E-state index >= 15 is 0 Å². The molecule has 2 rings (SSSR count). The summed E-state index contributed by atoms with van der Waals surface area (Å²) in [6.07, 6.45) is 16.1. The number of nitrogens with two attached hydrogens (primary N) is 1. The van der Waals surface area contributed by atoms with Gasteiger partial charge in [0.25, 0.3) is 0 Å². The predicted octanol–water partition coefficient (Wildman–Crippen LogP) is 2.87. The molecule has 1 aliphatic carbocycles. The zero-order valence-corrected chi connectivity index (χ0v) is 42.6. The zero-order valence-electron chi connectivity index (χ0n) is 40.0. The van der Waals surface area contributed by atoms with Crippen molar-refractivity contribution < 1.29 is 105 Å². The Morgan fingerprint density at radius 3 is 1.85 bits per heavy atom. The topological polar surface area (TPSA) is 305 Å². The summed E-state index contributed by atoms with van der Waals surface area (Å²) in [4.78, 5) is 90.3. The molecule has 1 saturated carbocycles. The predicted molar refractivity (Wildman–Crippen MR) is 256 cm³/mol. The molecule has 1 fully saturated rings. The number of carbonyl (C=O) groups excluding carboxylic acids is 5. The monoisotopic (exact) mass is 1130 g/mol. The van der Waals surface area contributed by atoms with Crippen molar-refractivity contribution in [1.82, 2.24) is 31.9 Å². The third kappa shape index (κ3) is 41.0. The maximum Gasteiger partial charge on any atom is 2.00 e. The molecular weight excluding hydrogens is 1050 g/mol. The van der Waals surface area contributed by atoms with Gasteiger partial charge in [-0.05, 0) is 89.7 Å². The number of hydrogen-bond acceptors (Lipinski definition) is 13. The number of aliphatic carboxylic acids is 3. The van der Waals surface area contributed by atoms with Gasteiger partial charge in [0.15, 0.2) is 6.61 Å². The van der Waals surface area contributed by atoms with Gasteiger partial charge in [-0.1, -0.05) is 64.5 Å². The Hall–Kier alpha value is -3.69. The molecule has 390 valence electrons. The van der Waals surface area contributed by atoms with Gasteiger partial charge in [-0.15, -0.1) is 5.75 Å². The second kappa shape index (κ2) is 48.8. The molecule has 0 radical (unpaired) electrons. The summed E-state index contributed by atoms with van der Waals surface area (Å²) in [6.45, 7) is 10.6. The molecule has 1 aromatic carbocycles. The molecule has 1 aromatic rings. The van der Waals surface area contributed by atoms with Gasteiger partial charge in [0, 0.05) is 31.8 Å². The van der Waals surface area contributed by atoms with Gasteiger partial charge < -0.3 is 81.3 Å². The Morgan fingerprint density at radius 2 is 1.37 bits per heavy atom. The number of benzene rings is 1. The Labute approximate surface area is 442 Å². The van der Waals surface area contributed by atoms with E-state index in [1.807, 2.05) is 13.8 Å². The molecule has 21 heteroatoms. The van der Waals surface area contributed by atoms with E-state index in [0.29, 0.717) is 29.9 Å². The second-order valence-corrected chi connectivity index (χ2v) is 14.9. The molecular formula is C46H79N7O12SYb. The van der Waals surface area contributed by atoms with Crippen molar-refractivity contribution in [2.75, 3.05) is 52.6 Å². The van der Waals surface area contributed by atoms with Crippen molar-refractivity contribution in [1.29, 1.82) is 0 Å². The van der Waals surface area contributed by atoms with Crippen LogP contribution in [0, 0.1) is 65.0 Å². The van der Waals surface area contributed by atoms with Crippen LogP contribution in [0.3, 0.4) is 0 Å². The van der Waals surface area contributed by atoms with E-state index in [1.165, 1.54) is 38.4 Å².